The normalized spacial score (nSPS) is 17.2. The molecule has 1 unspecified atom stereocenters. The third kappa shape index (κ3) is 9.98. The van der Waals surface area contributed by atoms with Gasteiger partial charge in [0, 0.05) is 26.7 Å². The molecule has 1 fully saturated rings. The van der Waals surface area contributed by atoms with Gasteiger partial charge in [0.15, 0.2) is 0 Å². The van der Waals surface area contributed by atoms with Gasteiger partial charge in [0.05, 0.1) is 5.92 Å². The maximum atomic E-state index is 12.6. The van der Waals surface area contributed by atoms with Crippen LogP contribution in [0.5, 0.6) is 11.5 Å². The highest BCUT2D eigenvalue weighted by Gasteiger charge is 2.62. The number of amides is 2. The Morgan fingerprint density at radius 1 is 1.12 bits per heavy atom. The summed E-state index contributed by atoms with van der Waals surface area (Å²) >= 11 is 12.6. The van der Waals surface area contributed by atoms with Gasteiger partial charge in [-0.3, -0.25) is 14.4 Å². The first kappa shape index (κ1) is 34.5. The number of carbonyl (C=O) groups excluding carboxylic acids is 3. The van der Waals surface area contributed by atoms with E-state index in [1.807, 2.05) is 50.2 Å². The van der Waals surface area contributed by atoms with Crippen LogP contribution in [0.2, 0.25) is 0 Å². The highest BCUT2D eigenvalue weighted by atomic mass is 35.5. The van der Waals surface area contributed by atoms with Gasteiger partial charge in [0.1, 0.15) is 22.1 Å². The number of oxime groups is 1. The highest BCUT2D eigenvalue weighted by Crippen LogP contribution is 2.60. The van der Waals surface area contributed by atoms with Crippen LogP contribution in [0.1, 0.15) is 25.5 Å². The topological polar surface area (TPSA) is 130 Å². The second-order valence-corrected chi connectivity index (χ2v) is 11.4. The lowest BCUT2D eigenvalue weighted by atomic mass is 10.1. The number of nitrogens with zero attached hydrogens (tertiary/aromatic N) is 3. The van der Waals surface area contributed by atoms with Crippen molar-refractivity contribution in [3.05, 3.63) is 70.7 Å². The molecule has 2 aromatic rings. The van der Waals surface area contributed by atoms with Gasteiger partial charge in [0.2, 0.25) is 11.1 Å². The fraction of sp³-hybridized carbons (Fsp3) is 0.345. The van der Waals surface area contributed by atoms with Crippen LogP contribution in [0.25, 0.3) is 0 Å². The van der Waals surface area contributed by atoms with E-state index in [0.29, 0.717) is 17.1 Å². The van der Waals surface area contributed by atoms with E-state index in [9.17, 15) is 19.6 Å². The molecule has 1 saturated carbocycles. The van der Waals surface area contributed by atoms with E-state index in [-0.39, 0.29) is 32.7 Å². The van der Waals surface area contributed by atoms with Gasteiger partial charge in [-0.15, -0.1) is 11.8 Å². The molecule has 0 saturated heterocycles. The lowest BCUT2D eigenvalue weighted by molar-refractivity contribution is -0.149. The number of ether oxygens (including phenoxy) is 2. The highest BCUT2D eigenvalue weighted by molar-refractivity contribution is 8.15. The molecule has 1 aliphatic carbocycles. The summed E-state index contributed by atoms with van der Waals surface area (Å²) in [5, 5.41) is 15.3. The minimum Gasteiger partial charge on any atom is -0.457 e. The van der Waals surface area contributed by atoms with E-state index in [0.717, 1.165) is 11.8 Å². The summed E-state index contributed by atoms with van der Waals surface area (Å²) in [5.41, 5.74) is 0.231. The smallest absolute Gasteiger partial charge is 0.433 e. The van der Waals surface area contributed by atoms with Crippen molar-refractivity contribution in [3.8, 4) is 17.6 Å². The number of halogens is 2. The van der Waals surface area contributed by atoms with Crippen LogP contribution in [0.3, 0.4) is 0 Å². The molecule has 224 valence electrons. The van der Waals surface area contributed by atoms with Crippen LogP contribution >= 0.6 is 35.0 Å². The van der Waals surface area contributed by atoms with Gasteiger partial charge in [-0.1, -0.05) is 72.5 Å². The van der Waals surface area contributed by atoms with Crippen molar-refractivity contribution in [1.82, 2.24) is 10.2 Å². The molecule has 10 nitrogen and oxygen atoms in total. The summed E-state index contributed by atoms with van der Waals surface area (Å²) in [5.74, 6) is -0.0150. The number of carbonyl (C=O) groups is 3. The first-order valence-electron chi connectivity index (χ1n) is 12.5. The predicted octanol–water partition coefficient (Wildman–Crippen LogP) is 6.29. The summed E-state index contributed by atoms with van der Waals surface area (Å²) in [6, 6.07) is 18.3. The van der Waals surface area contributed by atoms with Crippen molar-refractivity contribution < 1.29 is 28.7 Å². The molecule has 13 heteroatoms. The molecular formula is C29H32Cl2N4O6S. The Hall–Kier alpha value is -3.72. The van der Waals surface area contributed by atoms with E-state index >= 15 is 0 Å². The number of nitrogens with one attached hydrogen (secondary N) is 1. The summed E-state index contributed by atoms with van der Waals surface area (Å²) in [6.45, 7) is 3.87. The fourth-order valence-electron chi connectivity index (χ4n) is 3.78. The zero-order chi connectivity index (χ0) is 31.4. The van der Waals surface area contributed by atoms with Crippen molar-refractivity contribution in [1.29, 1.82) is 5.26 Å². The molecule has 2 amide bonds. The molecule has 3 rings (SSSR count). The van der Waals surface area contributed by atoms with Crippen LogP contribution < -0.4 is 10.1 Å². The number of hydrogen-bond donors (Lipinski definition) is 1. The van der Waals surface area contributed by atoms with Crippen LogP contribution in [0, 0.1) is 28.6 Å². The Bertz CT molecular complexity index is 1360. The van der Waals surface area contributed by atoms with Gasteiger partial charge in [-0.25, -0.2) is 4.79 Å². The number of nitriles is 1. The Balaban J connectivity index is 0.000000374. The molecule has 3 atom stereocenters. The molecule has 42 heavy (non-hydrogen) atoms. The van der Waals surface area contributed by atoms with E-state index in [4.69, 9.17) is 32.7 Å². The summed E-state index contributed by atoms with van der Waals surface area (Å²) in [6.07, 6.45) is 1.58. The molecule has 0 aromatic heterocycles. The number of benzene rings is 2. The zero-order valence-electron chi connectivity index (χ0n) is 24.0. The minimum absolute atomic E-state index is 0.114. The lowest BCUT2D eigenvalue weighted by Crippen LogP contribution is -2.28. The second kappa shape index (κ2) is 16.1. The fourth-order valence-corrected chi connectivity index (χ4v) is 4.52. The largest absolute Gasteiger partial charge is 0.457 e. The lowest BCUT2D eigenvalue weighted by Gasteiger charge is -2.13. The Morgan fingerprint density at radius 2 is 1.76 bits per heavy atom. The summed E-state index contributed by atoms with van der Waals surface area (Å²) < 4.78 is 11.4. The third-order valence-corrected chi connectivity index (χ3v) is 7.05. The number of allylic oxidation sites excluding steroid dienone is 1. The molecule has 1 aliphatic rings. The molecule has 0 aliphatic heterocycles. The summed E-state index contributed by atoms with van der Waals surface area (Å²) in [7, 11) is 4.59. The van der Waals surface area contributed by atoms with Crippen LogP contribution in [0.15, 0.2) is 70.3 Å². The standard InChI is InChI=1S/C22H19Cl2NO3.C7H13N3O3S/c1-22(2)17(12-19(23)24)20(22)21(26)28-18(13-25)14-7-6-10-16(11-14)27-15-8-4-3-5-9-15;1-8-7(12)13-9-5(14-4)6(11)10(2)3/h3-12,17-18,20H,1-2H3;1-4H3,(H,8,12)/t17-,18?,20-;/m0./s1. The number of hydrogen-bond acceptors (Lipinski definition) is 9. The van der Waals surface area contributed by atoms with Crippen LogP contribution in [0.4, 0.5) is 4.79 Å². The van der Waals surface area contributed by atoms with Gasteiger partial charge >= 0.3 is 12.1 Å². The minimum atomic E-state index is -1.03. The Morgan fingerprint density at radius 3 is 2.31 bits per heavy atom. The molecule has 0 radical (unpaired) electrons. The predicted molar refractivity (Wildman–Crippen MR) is 163 cm³/mol. The Labute approximate surface area is 259 Å². The number of rotatable bonds is 7. The number of para-hydroxylation sites is 1. The van der Waals surface area contributed by atoms with Crippen molar-refractivity contribution >= 4 is 58.0 Å². The quantitative estimate of drug-likeness (QED) is 0.124. The maximum absolute atomic E-state index is 12.6. The van der Waals surface area contributed by atoms with Gasteiger partial charge in [-0.05, 0) is 47.9 Å². The van der Waals surface area contributed by atoms with Crippen molar-refractivity contribution in [2.24, 2.45) is 22.4 Å². The van der Waals surface area contributed by atoms with Crippen molar-refractivity contribution in [3.63, 3.8) is 0 Å². The average Bonchev–Trinajstić information content (AvgIpc) is 3.50. The summed E-state index contributed by atoms with van der Waals surface area (Å²) in [4.78, 5) is 40.3. The first-order chi connectivity index (χ1) is 19.8. The van der Waals surface area contributed by atoms with E-state index in [2.05, 4.69) is 15.3 Å². The van der Waals surface area contributed by atoms with Gasteiger partial charge < -0.3 is 19.7 Å². The second-order valence-electron chi connectivity index (χ2n) is 9.64. The zero-order valence-corrected chi connectivity index (χ0v) is 26.3. The number of thioether (sulfide) groups is 1. The Kier molecular flexibility index (Phi) is 13.2. The van der Waals surface area contributed by atoms with Crippen molar-refractivity contribution in [2.45, 2.75) is 20.0 Å². The molecule has 0 bridgehead atoms. The SMILES string of the molecule is CC1(C)[C@H](C(=O)OC(C#N)c2cccc(Oc3ccccc3)c2)[C@@H]1C=C(Cl)Cl.CNC(=O)ON=C(SC)C(=O)N(C)C. The van der Waals surface area contributed by atoms with Gasteiger partial charge in [-0.2, -0.15) is 5.26 Å². The van der Waals surface area contributed by atoms with Gasteiger partial charge in [0.25, 0.3) is 5.91 Å². The average molecular weight is 636 g/mol. The van der Waals surface area contributed by atoms with Crippen LogP contribution in [-0.4, -0.2) is 55.3 Å². The van der Waals surface area contributed by atoms with E-state index in [1.54, 1.807) is 50.7 Å². The first-order valence-corrected chi connectivity index (χ1v) is 14.5. The third-order valence-electron chi connectivity index (χ3n) is 6.16. The molecule has 1 N–H and O–H groups in total. The molecule has 0 spiro atoms. The number of esters is 1. The molecular weight excluding hydrogens is 603 g/mol. The monoisotopic (exact) mass is 634 g/mol. The van der Waals surface area contributed by atoms with E-state index < -0.39 is 18.2 Å². The molecule has 2 aromatic carbocycles. The maximum Gasteiger partial charge on any atom is 0.433 e. The van der Waals surface area contributed by atoms with E-state index in [1.165, 1.54) is 11.9 Å². The molecule has 0 heterocycles. The van der Waals surface area contributed by atoms with Crippen molar-refractivity contribution in [2.75, 3.05) is 27.4 Å². The van der Waals surface area contributed by atoms with Crippen LogP contribution in [-0.2, 0) is 19.2 Å².